The monoisotopic (exact) mass is 346 g/mol. The second-order valence-corrected chi connectivity index (χ2v) is 6.06. The van der Waals surface area contributed by atoms with Crippen LogP contribution in [-0.4, -0.2) is 34.7 Å². The van der Waals surface area contributed by atoms with E-state index in [4.69, 9.17) is 4.42 Å². The molecule has 25 heavy (non-hydrogen) atoms. The minimum absolute atomic E-state index is 0.142. The summed E-state index contributed by atoms with van der Waals surface area (Å²) in [6.07, 6.45) is 0.494. The average Bonchev–Trinajstić information content (AvgIpc) is 2.94. The van der Waals surface area contributed by atoms with Gasteiger partial charge in [0.1, 0.15) is 12.6 Å². The van der Waals surface area contributed by atoms with Gasteiger partial charge in [0.05, 0.1) is 0 Å². The van der Waals surface area contributed by atoms with Crippen molar-refractivity contribution in [3.63, 3.8) is 0 Å². The third kappa shape index (κ3) is 5.03. The van der Waals surface area contributed by atoms with Crippen molar-refractivity contribution >= 4 is 11.8 Å². The average molecular weight is 346 g/mol. The van der Waals surface area contributed by atoms with Crippen LogP contribution in [-0.2, 0) is 16.1 Å². The molecule has 1 unspecified atom stereocenters. The number of rotatable bonds is 7. The Hall–Kier alpha value is -2.90. The summed E-state index contributed by atoms with van der Waals surface area (Å²) in [5.41, 5.74) is 0.641. The van der Waals surface area contributed by atoms with Gasteiger partial charge in [-0.1, -0.05) is 32.0 Å². The highest BCUT2D eigenvalue weighted by molar-refractivity contribution is 5.87. The molecule has 134 valence electrons. The number of carbonyl (C=O) groups is 2. The molecule has 0 saturated carbocycles. The number of aromatic nitrogens is 2. The molecule has 8 heteroatoms. The minimum atomic E-state index is -0.727. The van der Waals surface area contributed by atoms with E-state index in [0.717, 1.165) is 4.68 Å². The number of likely N-dealkylation sites (N-methyl/N-ethyl adjacent to an activating group) is 1. The second kappa shape index (κ2) is 8.27. The summed E-state index contributed by atoms with van der Waals surface area (Å²) in [6, 6.07) is 8.26. The molecule has 1 atom stereocenters. The van der Waals surface area contributed by atoms with Crippen molar-refractivity contribution in [3.05, 3.63) is 40.9 Å². The maximum absolute atomic E-state index is 12.2. The lowest BCUT2D eigenvalue weighted by atomic mass is 10.0. The highest BCUT2D eigenvalue weighted by Crippen LogP contribution is 2.13. The standard InChI is InChI=1S/C17H22N4O4/c1-11(2)9-13(15(23)18-3)19-14(22)10-21-17(24)25-16(20-21)12-7-5-4-6-8-12/h4-8,11,13H,9-10H2,1-3H3,(H,18,23)(H,19,22). The molecule has 0 spiro atoms. The van der Waals surface area contributed by atoms with Crippen LogP contribution in [0.4, 0.5) is 0 Å². The van der Waals surface area contributed by atoms with Gasteiger partial charge in [-0.3, -0.25) is 9.59 Å². The molecule has 2 rings (SSSR count). The zero-order chi connectivity index (χ0) is 18.4. The molecule has 0 saturated heterocycles. The summed E-state index contributed by atoms with van der Waals surface area (Å²) in [7, 11) is 1.51. The van der Waals surface area contributed by atoms with Gasteiger partial charge in [-0.15, -0.1) is 5.10 Å². The molecule has 1 heterocycles. The first-order valence-electron chi connectivity index (χ1n) is 8.05. The van der Waals surface area contributed by atoms with E-state index in [-0.39, 0.29) is 24.3 Å². The third-order valence-corrected chi connectivity index (χ3v) is 3.53. The van der Waals surface area contributed by atoms with Crippen molar-refractivity contribution in [3.8, 4) is 11.5 Å². The number of benzene rings is 1. The lowest BCUT2D eigenvalue weighted by Gasteiger charge is -2.18. The Kier molecular flexibility index (Phi) is 6.10. The highest BCUT2D eigenvalue weighted by atomic mass is 16.4. The fraction of sp³-hybridized carbons (Fsp3) is 0.412. The molecule has 0 aliphatic rings. The Labute approximate surface area is 145 Å². The molecule has 0 aliphatic heterocycles. The van der Waals surface area contributed by atoms with Crippen LogP contribution < -0.4 is 16.4 Å². The first-order valence-corrected chi connectivity index (χ1v) is 8.05. The number of carbonyl (C=O) groups excluding carboxylic acids is 2. The first-order chi connectivity index (χ1) is 11.9. The number of hydrogen-bond acceptors (Lipinski definition) is 5. The molecule has 0 radical (unpaired) electrons. The lowest BCUT2D eigenvalue weighted by Crippen LogP contribution is -2.47. The molecule has 0 bridgehead atoms. The van der Waals surface area contributed by atoms with Gasteiger partial charge >= 0.3 is 5.76 Å². The summed E-state index contributed by atoms with van der Waals surface area (Å²) in [5.74, 6) is -1.12. The van der Waals surface area contributed by atoms with Crippen LogP contribution in [0, 0.1) is 5.92 Å². The van der Waals surface area contributed by atoms with E-state index in [1.165, 1.54) is 7.05 Å². The zero-order valence-corrected chi connectivity index (χ0v) is 14.5. The van der Waals surface area contributed by atoms with E-state index in [1.807, 2.05) is 19.9 Å². The van der Waals surface area contributed by atoms with Crippen LogP contribution in [0.25, 0.3) is 11.5 Å². The van der Waals surface area contributed by atoms with Gasteiger partial charge in [0.25, 0.3) is 0 Å². The van der Waals surface area contributed by atoms with Gasteiger partial charge < -0.3 is 15.1 Å². The van der Waals surface area contributed by atoms with E-state index in [9.17, 15) is 14.4 Å². The van der Waals surface area contributed by atoms with Gasteiger partial charge in [0.2, 0.25) is 17.7 Å². The molecular formula is C17H22N4O4. The van der Waals surface area contributed by atoms with Crippen LogP contribution >= 0.6 is 0 Å². The molecule has 1 aromatic heterocycles. The van der Waals surface area contributed by atoms with Gasteiger partial charge in [-0.2, -0.15) is 4.68 Å². The summed E-state index contributed by atoms with van der Waals surface area (Å²) in [5, 5.41) is 9.18. The third-order valence-electron chi connectivity index (χ3n) is 3.53. The molecule has 1 aromatic carbocycles. The van der Waals surface area contributed by atoms with E-state index in [1.54, 1.807) is 24.3 Å². The quantitative estimate of drug-likeness (QED) is 0.770. The molecule has 2 N–H and O–H groups in total. The largest absolute Gasteiger partial charge is 0.437 e. The number of nitrogens with one attached hydrogen (secondary N) is 2. The fourth-order valence-electron chi connectivity index (χ4n) is 2.36. The normalized spacial score (nSPS) is 12.0. The molecule has 2 amide bonds. The van der Waals surface area contributed by atoms with Crippen molar-refractivity contribution in [2.75, 3.05) is 7.05 Å². The maximum atomic E-state index is 12.2. The van der Waals surface area contributed by atoms with E-state index in [2.05, 4.69) is 15.7 Å². The van der Waals surface area contributed by atoms with Crippen LogP contribution in [0.2, 0.25) is 0 Å². The number of nitrogens with zero attached hydrogens (tertiary/aromatic N) is 2. The summed E-state index contributed by atoms with van der Waals surface area (Å²) < 4.78 is 6.02. The SMILES string of the molecule is CNC(=O)C(CC(C)C)NC(=O)Cn1nc(-c2ccccc2)oc1=O. The topological polar surface area (TPSA) is 106 Å². The summed E-state index contributed by atoms with van der Waals surface area (Å²) >= 11 is 0. The lowest BCUT2D eigenvalue weighted by molar-refractivity contribution is -0.129. The molecular weight excluding hydrogens is 324 g/mol. The van der Waals surface area contributed by atoms with Gasteiger partial charge in [0, 0.05) is 12.6 Å². The van der Waals surface area contributed by atoms with Crippen LogP contribution in [0.3, 0.4) is 0 Å². The molecule has 8 nitrogen and oxygen atoms in total. The van der Waals surface area contributed by atoms with E-state index in [0.29, 0.717) is 12.0 Å². The van der Waals surface area contributed by atoms with Crippen molar-refractivity contribution in [2.45, 2.75) is 32.9 Å². The second-order valence-electron chi connectivity index (χ2n) is 6.06. The Morgan fingerprint density at radius 1 is 1.24 bits per heavy atom. The summed E-state index contributed by atoms with van der Waals surface area (Å²) in [4.78, 5) is 35.9. The maximum Gasteiger partial charge on any atom is 0.437 e. The first kappa shape index (κ1) is 18.4. The van der Waals surface area contributed by atoms with Crippen LogP contribution in [0.15, 0.2) is 39.5 Å². The molecule has 0 fully saturated rings. The van der Waals surface area contributed by atoms with Crippen LogP contribution in [0.1, 0.15) is 20.3 Å². The minimum Gasteiger partial charge on any atom is -0.388 e. The number of hydrogen-bond donors (Lipinski definition) is 2. The number of amides is 2. The molecule has 2 aromatic rings. The Morgan fingerprint density at radius 2 is 1.92 bits per heavy atom. The van der Waals surface area contributed by atoms with Crippen LogP contribution in [0.5, 0.6) is 0 Å². The zero-order valence-electron chi connectivity index (χ0n) is 14.5. The smallest absolute Gasteiger partial charge is 0.388 e. The Balaban J connectivity index is 2.08. The Bertz CT molecular complexity index is 779. The predicted octanol–water partition coefficient (Wildman–Crippen LogP) is 0.780. The summed E-state index contributed by atoms with van der Waals surface area (Å²) in [6.45, 7) is 3.59. The van der Waals surface area contributed by atoms with Crippen molar-refractivity contribution in [2.24, 2.45) is 5.92 Å². The van der Waals surface area contributed by atoms with E-state index >= 15 is 0 Å². The molecule has 0 aliphatic carbocycles. The van der Waals surface area contributed by atoms with E-state index < -0.39 is 17.7 Å². The predicted molar refractivity (Wildman–Crippen MR) is 91.7 cm³/mol. The highest BCUT2D eigenvalue weighted by Gasteiger charge is 2.22. The van der Waals surface area contributed by atoms with Crippen molar-refractivity contribution in [1.29, 1.82) is 0 Å². The van der Waals surface area contributed by atoms with Gasteiger partial charge in [0.15, 0.2) is 0 Å². The van der Waals surface area contributed by atoms with Gasteiger partial charge in [-0.25, -0.2) is 4.79 Å². The van der Waals surface area contributed by atoms with Crippen molar-refractivity contribution < 1.29 is 14.0 Å². The fourth-order valence-corrected chi connectivity index (χ4v) is 2.36. The van der Waals surface area contributed by atoms with Gasteiger partial charge in [-0.05, 0) is 24.5 Å². The Morgan fingerprint density at radius 3 is 2.52 bits per heavy atom. The van der Waals surface area contributed by atoms with Crippen molar-refractivity contribution in [1.82, 2.24) is 20.4 Å².